The van der Waals surface area contributed by atoms with E-state index in [1.165, 1.54) is 16.2 Å². The standard InChI is InChI=1S/C25H22ClN3O4S/c1-5-19-27-28-25(34-19)29-21(14-7-6-8-15(10-14)32-12(2)3)20-22(30)16-11-17(26)13(4)9-18(16)33-23(20)24(29)31/h6-12,21H,5H2,1-4H3. The minimum absolute atomic E-state index is 0.00709. The lowest BCUT2D eigenvalue weighted by Crippen LogP contribution is -2.29. The molecule has 1 aliphatic heterocycles. The average molecular weight is 496 g/mol. The molecule has 34 heavy (non-hydrogen) atoms. The number of hydrogen-bond donors (Lipinski definition) is 0. The van der Waals surface area contributed by atoms with E-state index < -0.39 is 11.9 Å². The van der Waals surface area contributed by atoms with Crippen molar-refractivity contribution in [3.8, 4) is 5.75 Å². The largest absolute Gasteiger partial charge is 0.491 e. The Hall–Kier alpha value is -3.23. The molecule has 2 aromatic carbocycles. The van der Waals surface area contributed by atoms with Crippen LogP contribution in [0.3, 0.4) is 0 Å². The van der Waals surface area contributed by atoms with Crippen molar-refractivity contribution in [2.75, 3.05) is 4.90 Å². The highest BCUT2D eigenvalue weighted by Gasteiger charge is 2.45. The Morgan fingerprint density at radius 2 is 2.00 bits per heavy atom. The van der Waals surface area contributed by atoms with Crippen molar-refractivity contribution in [2.24, 2.45) is 0 Å². The molecule has 0 bridgehead atoms. The van der Waals surface area contributed by atoms with Gasteiger partial charge in [0, 0.05) is 5.02 Å². The zero-order valence-electron chi connectivity index (χ0n) is 19.1. The number of carbonyl (C=O) groups excluding carboxylic acids is 1. The molecular weight excluding hydrogens is 474 g/mol. The van der Waals surface area contributed by atoms with Crippen LogP contribution in [0.4, 0.5) is 5.13 Å². The number of halogens is 1. The molecule has 7 nitrogen and oxygen atoms in total. The summed E-state index contributed by atoms with van der Waals surface area (Å²) >= 11 is 7.63. The lowest BCUT2D eigenvalue weighted by molar-refractivity contribution is 0.0970. The van der Waals surface area contributed by atoms with Crippen LogP contribution in [-0.2, 0) is 6.42 Å². The first kappa shape index (κ1) is 22.6. The highest BCUT2D eigenvalue weighted by Crippen LogP contribution is 2.43. The van der Waals surface area contributed by atoms with Crippen LogP contribution < -0.4 is 15.1 Å². The fourth-order valence-electron chi connectivity index (χ4n) is 4.12. The molecule has 0 saturated carbocycles. The van der Waals surface area contributed by atoms with Crippen molar-refractivity contribution in [1.29, 1.82) is 0 Å². The minimum Gasteiger partial charge on any atom is -0.491 e. The zero-order chi connectivity index (χ0) is 24.1. The lowest BCUT2D eigenvalue weighted by Gasteiger charge is -2.22. The van der Waals surface area contributed by atoms with Crippen LogP contribution in [0.5, 0.6) is 5.75 Å². The Bertz CT molecular complexity index is 1490. The van der Waals surface area contributed by atoms with Gasteiger partial charge in [0.1, 0.15) is 16.3 Å². The van der Waals surface area contributed by atoms with E-state index in [0.717, 1.165) is 10.6 Å². The maximum absolute atomic E-state index is 13.8. The Balaban J connectivity index is 1.77. The Morgan fingerprint density at radius 1 is 1.21 bits per heavy atom. The van der Waals surface area contributed by atoms with Gasteiger partial charge in [0.05, 0.1) is 23.1 Å². The number of aryl methyl sites for hydroxylation is 2. The van der Waals surface area contributed by atoms with E-state index in [2.05, 4.69) is 10.2 Å². The molecule has 0 radical (unpaired) electrons. The number of carbonyl (C=O) groups is 1. The van der Waals surface area contributed by atoms with Gasteiger partial charge in [-0.25, -0.2) is 0 Å². The van der Waals surface area contributed by atoms with Gasteiger partial charge < -0.3 is 9.15 Å². The summed E-state index contributed by atoms with van der Waals surface area (Å²) in [7, 11) is 0. The molecule has 0 fully saturated rings. The molecule has 9 heteroatoms. The Kier molecular flexibility index (Phi) is 5.65. The van der Waals surface area contributed by atoms with Crippen LogP contribution >= 0.6 is 22.9 Å². The van der Waals surface area contributed by atoms with Crippen molar-refractivity contribution in [2.45, 2.75) is 46.3 Å². The number of hydrogen-bond acceptors (Lipinski definition) is 7. The highest BCUT2D eigenvalue weighted by molar-refractivity contribution is 7.15. The molecular formula is C25H22ClN3O4S. The second kappa shape index (κ2) is 8.52. The van der Waals surface area contributed by atoms with Crippen molar-refractivity contribution in [3.63, 3.8) is 0 Å². The van der Waals surface area contributed by atoms with E-state index in [9.17, 15) is 9.59 Å². The number of amides is 1. The van der Waals surface area contributed by atoms with Gasteiger partial charge in [0.15, 0.2) is 5.43 Å². The van der Waals surface area contributed by atoms with Gasteiger partial charge in [0.2, 0.25) is 10.9 Å². The van der Waals surface area contributed by atoms with Gasteiger partial charge in [-0.1, -0.05) is 42.0 Å². The first-order chi connectivity index (χ1) is 16.3. The van der Waals surface area contributed by atoms with E-state index in [1.807, 2.05) is 52.0 Å². The molecule has 2 aromatic heterocycles. The van der Waals surface area contributed by atoms with Crippen molar-refractivity contribution in [1.82, 2.24) is 10.2 Å². The summed E-state index contributed by atoms with van der Waals surface area (Å²) in [5, 5.41) is 10.4. The van der Waals surface area contributed by atoms with E-state index in [4.69, 9.17) is 20.8 Å². The summed E-state index contributed by atoms with van der Waals surface area (Å²) in [6, 6.07) is 9.93. The van der Waals surface area contributed by atoms with Crippen LogP contribution in [0.2, 0.25) is 5.02 Å². The molecule has 1 aliphatic rings. The molecule has 0 aliphatic carbocycles. The molecule has 3 heterocycles. The van der Waals surface area contributed by atoms with Crippen LogP contribution in [0.15, 0.2) is 45.6 Å². The summed E-state index contributed by atoms with van der Waals surface area (Å²) in [6.07, 6.45) is 0.659. The van der Waals surface area contributed by atoms with Crippen LogP contribution in [0.25, 0.3) is 11.0 Å². The summed E-state index contributed by atoms with van der Waals surface area (Å²) in [5.41, 5.74) is 1.75. The first-order valence-corrected chi connectivity index (χ1v) is 12.2. The van der Waals surface area contributed by atoms with Gasteiger partial charge >= 0.3 is 0 Å². The molecule has 5 rings (SSSR count). The molecule has 1 atom stereocenters. The third-order valence-electron chi connectivity index (χ3n) is 5.66. The third-order valence-corrected chi connectivity index (χ3v) is 7.14. The minimum atomic E-state index is -0.739. The summed E-state index contributed by atoms with van der Waals surface area (Å²) in [4.78, 5) is 28.9. The number of anilines is 1. The zero-order valence-corrected chi connectivity index (χ0v) is 20.7. The molecule has 1 unspecified atom stereocenters. The van der Waals surface area contributed by atoms with Crippen LogP contribution in [0, 0.1) is 6.92 Å². The molecule has 0 saturated heterocycles. The second-order valence-corrected chi connectivity index (χ2v) is 9.87. The molecule has 0 N–H and O–H groups in total. The molecule has 0 spiro atoms. The fourth-order valence-corrected chi connectivity index (χ4v) is 5.09. The fraction of sp³-hybridized carbons (Fsp3) is 0.280. The SMILES string of the molecule is CCc1nnc(N2C(=O)c3oc4cc(C)c(Cl)cc4c(=O)c3C2c2cccc(OC(C)C)c2)s1. The van der Waals surface area contributed by atoms with Crippen LogP contribution in [0.1, 0.15) is 59.1 Å². The second-order valence-electron chi connectivity index (χ2n) is 8.42. The van der Waals surface area contributed by atoms with Gasteiger partial charge in [-0.3, -0.25) is 14.5 Å². The van der Waals surface area contributed by atoms with E-state index in [1.54, 1.807) is 12.1 Å². The molecule has 174 valence electrons. The predicted molar refractivity (Wildman–Crippen MR) is 132 cm³/mol. The predicted octanol–water partition coefficient (Wildman–Crippen LogP) is 5.71. The summed E-state index contributed by atoms with van der Waals surface area (Å²) in [5.74, 6) is 0.219. The van der Waals surface area contributed by atoms with Crippen molar-refractivity contribution < 1.29 is 13.9 Å². The maximum Gasteiger partial charge on any atom is 0.297 e. The first-order valence-electron chi connectivity index (χ1n) is 11.0. The molecule has 4 aromatic rings. The van der Waals surface area contributed by atoms with Crippen molar-refractivity contribution >= 4 is 44.9 Å². The topological polar surface area (TPSA) is 85.5 Å². The number of benzene rings is 2. The summed E-state index contributed by atoms with van der Waals surface area (Å²) in [6.45, 7) is 7.67. The highest BCUT2D eigenvalue weighted by atomic mass is 35.5. The van der Waals surface area contributed by atoms with Gasteiger partial charge in [-0.2, -0.15) is 0 Å². The normalized spacial score (nSPS) is 15.4. The molecule has 1 amide bonds. The number of rotatable bonds is 5. The van der Waals surface area contributed by atoms with E-state index >= 15 is 0 Å². The Morgan fingerprint density at radius 3 is 2.71 bits per heavy atom. The maximum atomic E-state index is 13.8. The number of aromatic nitrogens is 2. The van der Waals surface area contributed by atoms with Crippen LogP contribution in [-0.4, -0.2) is 22.2 Å². The Labute approximate surface area is 204 Å². The summed E-state index contributed by atoms with van der Waals surface area (Å²) < 4.78 is 11.9. The number of fused-ring (bicyclic) bond motifs is 2. The van der Waals surface area contributed by atoms with Gasteiger partial charge in [-0.05, 0) is 62.6 Å². The lowest BCUT2D eigenvalue weighted by atomic mass is 9.98. The monoisotopic (exact) mass is 495 g/mol. The van der Waals surface area contributed by atoms with E-state index in [0.29, 0.717) is 38.9 Å². The average Bonchev–Trinajstić information content (AvgIpc) is 3.38. The van der Waals surface area contributed by atoms with Gasteiger partial charge in [0.25, 0.3) is 5.91 Å². The van der Waals surface area contributed by atoms with E-state index in [-0.39, 0.29) is 22.9 Å². The number of ether oxygens (including phenoxy) is 1. The quantitative estimate of drug-likeness (QED) is 0.352. The smallest absolute Gasteiger partial charge is 0.297 e. The third kappa shape index (κ3) is 3.67. The van der Waals surface area contributed by atoms with Gasteiger partial charge in [-0.15, -0.1) is 10.2 Å². The number of nitrogens with zero attached hydrogens (tertiary/aromatic N) is 3. The van der Waals surface area contributed by atoms with Crippen molar-refractivity contribution in [3.05, 3.63) is 79.1 Å².